The Morgan fingerprint density at radius 3 is 1.63 bits per heavy atom. The number of fused-ring (bicyclic) bond motifs is 8. The number of hydrogen-bond acceptors (Lipinski definition) is 9. The van der Waals surface area contributed by atoms with Crippen molar-refractivity contribution in [1.29, 1.82) is 0 Å². The molecule has 18 heteroatoms. The highest BCUT2D eigenvalue weighted by molar-refractivity contribution is 6.26. The molecular weight excluding hydrogens is 1340 g/mol. The molecule has 10 nitrogen and oxygen atoms in total. The lowest BCUT2D eigenvalue weighted by Gasteiger charge is -2.36. The van der Waals surface area contributed by atoms with Gasteiger partial charge in [-0.2, -0.15) is 35.1 Å². The predicted octanol–water partition coefficient (Wildman–Crippen LogP) is 23.1. The van der Waals surface area contributed by atoms with Gasteiger partial charge in [0.2, 0.25) is 0 Å². The van der Waals surface area contributed by atoms with E-state index in [1.54, 1.807) is 12.1 Å². The number of halogens is 8. The van der Waals surface area contributed by atoms with E-state index in [4.69, 9.17) is 9.47 Å². The van der Waals surface area contributed by atoms with E-state index in [-0.39, 0.29) is 45.4 Å². The summed E-state index contributed by atoms with van der Waals surface area (Å²) in [5.74, 6) is -26.7. The van der Waals surface area contributed by atoms with Crippen LogP contribution in [0.2, 0.25) is 0 Å². The van der Waals surface area contributed by atoms with Crippen molar-refractivity contribution in [3.63, 3.8) is 0 Å². The first-order valence-electron chi connectivity index (χ1n) is 36.9. The monoisotopic (exact) mass is 1440 g/mol. The van der Waals surface area contributed by atoms with E-state index >= 15 is 35.1 Å². The molecule has 104 heavy (non-hydrogen) atoms. The molecule has 0 saturated heterocycles. The summed E-state index contributed by atoms with van der Waals surface area (Å²) in [5, 5.41) is 31.3. The third-order valence-corrected chi connectivity index (χ3v) is 20.9. The van der Waals surface area contributed by atoms with Crippen LogP contribution >= 0.6 is 0 Å². The summed E-state index contributed by atoms with van der Waals surface area (Å²) in [4.78, 5) is 32.0. The summed E-state index contributed by atoms with van der Waals surface area (Å²) in [5.41, 5.74) is 8.75. The Bertz CT molecular complexity index is 4440. The molecule has 3 aliphatic carbocycles. The zero-order valence-electron chi connectivity index (χ0n) is 62.0. The molecule has 4 aliphatic rings. The quantitative estimate of drug-likeness (QED) is 0.0138. The largest absolute Gasteiger partial charge is 0.487 e. The molecular formula is C86H100F8N4O6. The van der Waals surface area contributed by atoms with E-state index in [0.29, 0.717) is 53.6 Å². The van der Waals surface area contributed by atoms with E-state index < -0.39 is 65.9 Å². The number of ether oxygens (including phenoxy) is 2. The van der Waals surface area contributed by atoms with E-state index in [0.717, 1.165) is 156 Å². The van der Waals surface area contributed by atoms with Gasteiger partial charge in [0.05, 0.1) is 23.0 Å². The minimum atomic E-state index is -6.71. The average Bonchev–Trinajstić information content (AvgIpc) is 1.57. The van der Waals surface area contributed by atoms with Crippen molar-refractivity contribution in [2.75, 3.05) is 19.8 Å². The number of benzene rings is 5. The number of unbranched alkanes of at least 4 members (excludes halogenated alkanes) is 2. The summed E-state index contributed by atoms with van der Waals surface area (Å²) in [6, 6.07) is 24.0. The van der Waals surface area contributed by atoms with Crippen molar-refractivity contribution < 1.29 is 64.6 Å². The van der Waals surface area contributed by atoms with E-state index in [9.17, 15) is 20.0 Å². The second-order valence-electron chi connectivity index (χ2n) is 31.7. The van der Waals surface area contributed by atoms with Gasteiger partial charge in [-0.1, -0.05) is 199 Å². The number of alkyl halides is 8. The first-order valence-corrected chi connectivity index (χ1v) is 36.9. The smallest absolute Gasteiger partial charge is 0.381 e. The Morgan fingerprint density at radius 2 is 1.10 bits per heavy atom. The van der Waals surface area contributed by atoms with Crippen molar-refractivity contribution in [1.82, 2.24) is 9.47 Å². The van der Waals surface area contributed by atoms with Gasteiger partial charge < -0.3 is 29.4 Å². The highest BCUT2D eigenvalue weighted by Gasteiger charge is 2.81. The maximum atomic E-state index is 15.6. The third kappa shape index (κ3) is 16.4. The Morgan fingerprint density at radius 1 is 0.567 bits per heavy atom. The maximum Gasteiger partial charge on any atom is 0.381 e. The minimum Gasteiger partial charge on any atom is -0.487 e. The average molecular weight is 1440 g/mol. The Labute approximate surface area is 606 Å². The van der Waals surface area contributed by atoms with Gasteiger partial charge in [0.1, 0.15) is 11.5 Å². The fourth-order valence-corrected chi connectivity index (χ4v) is 15.8. The number of rotatable bonds is 33. The van der Waals surface area contributed by atoms with E-state index in [1.807, 2.05) is 78.9 Å². The van der Waals surface area contributed by atoms with Crippen LogP contribution in [-0.4, -0.2) is 92.4 Å². The van der Waals surface area contributed by atoms with Crippen LogP contribution in [0.25, 0.3) is 32.6 Å². The molecule has 1 aromatic heterocycles. The van der Waals surface area contributed by atoms with Crippen molar-refractivity contribution in [2.24, 2.45) is 50.7 Å². The predicted molar refractivity (Wildman–Crippen MR) is 400 cm³/mol. The number of oxime groups is 2. The molecule has 0 bridgehead atoms. The van der Waals surface area contributed by atoms with Crippen molar-refractivity contribution in [3.8, 4) is 11.5 Å². The van der Waals surface area contributed by atoms with Crippen LogP contribution in [0.4, 0.5) is 35.1 Å². The first-order chi connectivity index (χ1) is 49.2. The zero-order valence-corrected chi connectivity index (χ0v) is 62.0. The number of carbonyl (C=O) groups excluding carboxylic acids is 2. The molecule has 556 valence electrons. The van der Waals surface area contributed by atoms with Gasteiger partial charge in [0.15, 0.2) is 24.8 Å². The van der Waals surface area contributed by atoms with Crippen molar-refractivity contribution >= 4 is 55.6 Å². The Balaban J connectivity index is 0.847. The number of allylic oxidation sites excluding steroid dienone is 9. The van der Waals surface area contributed by atoms with Crippen LogP contribution in [0, 0.1) is 40.4 Å². The van der Waals surface area contributed by atoms with Gasteiger partial charge in [-0.3, -0.25) is 9.59 Å². The summed E-state index contributed by atoms with van der Waals surface area (Å²) in [6.45, 7) is 22.4. The molecule has 0 amide bonds. The molecule has 0 fully saturated rings. The van der Waals surface area contributed by atoms with Gasteiger partial charge in [-0.15, -0.1) is 0 Å². The number of hydrogen-bond donors (Lipinski definition) is 2. The number of Topliss-reactive ketones (excluding diaryl/α,β-unsaturated/α-hetero) is 1. The molecule has 6 aromatic rings. The number of aromatic nitrogens is 1. The Kier molecular flexibility index (Phi) is 23.8. The molecule has 2 heterocycles. The molecule has 0 saturated carbocycles. The van der Waals surface area contributed by atoms with Crippen LogP contribution < -0.4 is 9.47 Å². The third-order valence-electron chi connectivity index (χ3n) is 20.9. The second kappa shape index (κ2) is 31.6. The molecule has 0 radical (unpaired) electrons. The van der Waals surface area contributed by atoms with E-state index in [1.165, 1.54) is 24.3 Å². The fraction of sp³-hybridized carbons (Fsp3) is 0.465. The van der Waals surface area contributed by atoms with Crippen molar-refractivity contribution in [2.45, 2.75) is 196 Å². The van der Waals surface area contributed by atoms with Crippen LogP contribution in [0.5, 0.6) is 11.5 Å². The second-order valence-corrected chi connectivity index (χ2v) is 31.7. The molecule has 2 N–H and O–H groups in total. The van der Waals surface area contributed by atoms with Gasteiger partial charge in [0.25, 0.3) is 0 Å². The van der Waals surface area contributed by atoms with Gasteiger partial charge in [-0.25, -0.2) is 0 Å². The first kappa shape index (κ1) is 78.1. The lowest BCUT2D eigenvalue weighted by atomic mass is 9.76. The number of nitrogens with zero attached hydrogens (tertiary/aromatic N) is 4. The molecule has 0 spiro atoms. The zero-order chi connectivity index (χ0) is 75.4. The summed E-state index contributed by atoms with van der Waals surface area (Å²) in [6.07, 6.45) is 26.6. The Hall–Kier alpha value is -8.54. The lowest BCUT2D eigenvalue weighted by Crippen LogP contribution is -2.65. The molecule has 6 unspecified atom stereocenters. The number of ketones is 2. The molecule has 1 aliphatic heterocycles. The summed E-state index contributed by atoms with van der Waals surface area (Å²) < 4.78 is 137. The van der Waals surface area contributed by atoms with Crippen LogP contribution in [0.1, 0.15) is 192 Å². The highest BCUT2D eigenvalue weighted by atomic mass is 19.4. The molecule has 6 atom stereocenters. The topological polar surface area (TPSA) is 126 Å². The van der Waals surface area contributed by atoms with Gasteiger partial charge >= 0.3 is 23.7 Å². The normalized spacial score (nSPS) is 18.1. The molecule has 5 aromatic carbocycles. The SMILES string of the molecule is CCCCC(CC)CN1C2=C3C=CC=CC3C(C(=O)c3ccc(OCC(F)(F)C(F)(F)C(F)(F)C(F)(F)COc4ccc(C(=O)c5cc6c7cc(/C(CC(C)CC(C)(C)C)=N/O)ccc7n(CC(CC)CCCC)c6c6ccccc56)cc4)cc3)=CC2=C2C=C(/C(CC(C)CC(C)(C)C)=N/O)C=CC21. The van der Waals surface area contributed by atoms with Crippen LogP contribution in [0.3, 0.4) is 0 Å². The highest BCUT2D eigenvalue weighted by Crippen LogP contribution is 2.54. The molecule has 10 rings (SSSR count). The standard InChI is InChI=1S/C86H100F8N4O6/c1-13-17-23-55(15-3)49-97-75-39-33-59(73(95-101)41-53(5)47-81(7,8)9)43-67(75)69-45-71(63-25-19-21-27-65(63)77(69)97)79(99)57-29-35-61(36-30-57)103-51-83(87,88)85(91,92)86(93,94)84(89,90)52-104-62-37-31-58(32-38-62)80(100)72-46-70-68-44-60(74(96-102)42-54(6)48-82(10,11)12)34-40-76(68)98(50-56(16-4)24-18-14-2)78(70)66-28-22-20-26-64(66)72/h19-22,25-40,43-46,53-56,63,75,101-102H,13-18,23-24,41-42,47-52H2,1-12H3/b95-73+,96-74+. The minimum absolute atomic E-state index is 0.0334. The lowest BCUT2D eigenvalue weighted by molar-refractivity contribution is -0.371. The van der Waals surface area contributed by atoms with Gasteiger partial charge in [0, 0.05) is 79.8 Å². The number of carbonyl (C=O) groups is 2. The van der Waals surface area contributed by atoms with Gasteiger partial charge in [-0.05, 0) is 174 Å². The summed E-state index contributed by atoms with van der Waals surface area (Å²) in [7, 11) is 0. The fourth-order valence-electron chi connectivity index (χ4n) is 15.8. The van der Waals surface area contributed by atoms with E-state index in [2.05, 4.69) is 109 Å². The summed E-state index contributed by atoms with van der Waals surface area (Å²) >= 11 is 0. The maximum absolute atomic E-state index is 15.6. The van der Waals surface area contributed by atoms with Crippen LogP contribution in [-0.2, 0) is 6.54 Å². The van der Waals surface area contributed by atoms with Crippen LogP contribution in [0.15, 0.2) is 190 Å². The van der Waals surface area contributed by atoms with Crippen molar-refractivity contribution in [3.05, 3.63) is 201 Å².